The van der Waals surface area contributed by atoms with E-state index in [1.807, 2.05) is 6.92 Å². The number of aliphatic hydroxyl groups excluding tert-OH is 1. The number of halogens is 1. The molecule has 90 valence electrons. The fourth-order valence-electron chi connectivity index (χ4n) is 1.83. The molecule has 0 radical (unpaired) electrons. The van der Waals surface area contributed by atoms with Gasteiger partial charge in [-0.1, -0.05) is 0 Å². The predicted octanol–water partition coefficient (Wildman–Crippen LogP) is 0.832. The Morgan fingerprint density at radius 1 is 1.60 bits per heavy atom. The first-order valence-corrected chi connectivity index (χ1v) is 5.25. The summed E-state index contributed by atoms with van der Waals surface area (Å²) in [5.74, 6) is 0.171. The number of carbonyl (C=O) groups excluding carboxylic acids is 1. The lowest BCUT2D eigenvalue weighted by Gasteiger charge is -2.30. The van der Waals surface area contributed by atoms with Crippen LogP contribution in [0.5, 0.6) is 0 Å². The molecule has 1 aliphatic heterocycles. The third-order valence-corrected chi connectivity index (χ3v) is 2.52. The summed E-state index contributed by atoms with van der Waals surface area (Å²) < 4.78 is 4.87. The lowest BCUT2D eigenvalue weighted by atomic mass is 9.99. The molecule has 0 spiro atoms. The van der Waals surface area contributed by atoms with Crippen molar-refractivity contribution < 1.29 is 14.6 Å². The van der Waals surface area contributed by atoms with E-state index in [-0.39, 0.29) is 29.6 Å². The van der Waals surface area contributed by atoms with Crippen molar-refractivity contribution in [2.75, 3.05) is 32.8 Å². The van der Waals surface area contributed by atoms with Crippen molar-refractivity contribution in [1.82, 2.24) is 4.90 Å². The number of likely N-dealkylation sites (tertiary alicyclic amines) is 1. The number of ether oxygens (including phenoxy) is 1. The van der Waals surface area contributed by atoms with E-state index < -0.39 is 0 Å². The first kappa shape index (κ1) is 14.9. The van der Waals surface area contributed by atoms with Gasteiger partial charge < -0.3 is 9.84 Å². The average molecular weight is 282 g/mol. The molecule has 0 aromatic heterocycles. The molecule has 0 amide bonds. The standard InChI is InChI=1S/C10H19NO3.BrH/c1-2-14-10(13)7-11-5-3-4-9(6-11)8-12;/h9,12H,2-8H2,1H3;1H. The van der Waals surface area contributed by atoms with Gasteiger partial charge in [0.1, 0.15) is 0 Å². The Bertz CT molecular complexity index is 190. The van der Waals surface area contributed by atoms with Crippen molar-refractivity contribution in [2.24, 2.45) is 5.92 Å². The van der Waals surface area contributed by atoms with E-state index in [0.717, 1.165) is 25.9 Å². The largest absolute Gasteiger partial charge is 0.465 e. The van der Waals surface area contributed by atoms with E-state index in [4.69, 9.17) is 9.84 Å². The van der Waals surface area contributed by atoms with Gasteiger partial charge in [-0.3, -0.25) is 9.69 Å². The molecule has 1 unspecified atom stereocenters. The Balaban J connectivity index is 0.00000196. The van der Waals surface area contributed by atoms with E-state index in [0.29, 0.717) is 19.1 Å². The first-order chi connectivity index (χ1) is 6.76. The molecule has 1 rings (SSSR count). The van der Waals surface area contributed by atoms with Crippen LogP contribution in [0.3, 0.4) is 0 Å². The highest BCUT2D eigenvalue weighted by atomic mass is 79.9. The Labute approximate surface area is 101 Å². The smallest absolute Gasteiger partial charge is 0.320 e. The SMILES string of the molecule is Br.CCOC(=O)CN1CCCC(CO)C1. The maximum Gasteiger partial charge on any atom is 0.320 e. The zero-order valence-electron chi connectivity index (χ0n) is 9.15. The van der Waals surface area contributed by atoms with E-state index in [1.165, 1.54) is 0 Å². The van der Waals surface area contributed by atoms with Gasteiger partial charge >= 0.3 is 5.97 Å². The fourth-order valence-corrected chi connectivity index (χ4v) is 1.83. The highest BCUT2D eigenvalue weighted by Gasteiger charge is 2.21. The second-order valence-electron chi connectivity index (χ2n) is 3.73. The van der Waals surface area contributed by atoms with Crippen LogP contribution in [-0.4, -0.2) is 48.8 Å². The average Bonchev–Trinajstić information content (AvgIpc) is 2.18. The van der Waals surface area contributed by atoms with Crippen LogP contribution in [0.1, 0.15) is 19.8 Å². The van der Waals surface area contributed by atoms with Crippen molar-refractivity contribution in [3.63, 3.8) is 0 Å². The predicted molar refractivity (Wildman–Crippen MR) is 63.2 cm³/mol. The van der Waals surface area contributed by atoms with E-state index >= 15 is 0 Å². The molecule has 1 aliphatic rings. The fraction of sp³-hybridized carbons (Fsp3) is 0.900. The van der Waals surface area contributed by atoms with Crippen LogP contribution >= 0.6 is 17.0 Å². The molecule has 1 atom stereocenters. The van der Waals surface area contributed by atoms with Crippen LogP contribution in [-0.2, 0) is 9.53 Å². The molecule has 1 fully saturated rings. The molecule has 1 heterocycles. The highest BCUT2D eigenvalue weighted by Crippen LogP contribution is 2.15. The minimum atomic E-state index is -0.161. The molecule has 0 bridgehead atoms. The summed E-state index contributed by atoms with van der Waals surface area (Å²) in [4.78, 5) is 13.2. The normalized spacial score (nSPS) is 21.9. The van der Waals surface area contributed by atoms with Gasteiger partial charge in [0.05, 0.1) is 13.2 Å². The number of piperidine rings is 1. The summed E-state index contributed by atoms with van der Waals surface area (Å²) in [5, 5.41) is 9.00. The molecule has 5 heteroatoms. The van der Waals surface area contributed by atoms with Crippen LogP contribution < -0.4 is 0 Å². The van der Waals surface area contributed by atoms with Crippen LogP contribution in [0.2, 0.25) is 0 Å². The summed E-state index contributed by atoms with van der Waals surface area (Å²) in [6, 6.07) is 0. The quantitative estimate of drug-likeness (QED) is 0.776. The van der Waals surface area contributed by atoms with Crippen molar-refractivity contribution >= 4 is 23.0 Å². The van der Waals surface area contributed by atoms with Gasteiger partial charge in [0, 0.05) is 13.2 Å². The number of hydrogen-bond acceptors (Lipinski definition) is 4. The third-order valence-electron chi connectivity index (χ3n) is 2.52. The number of hydrogen-bond donors (Lipinski definition) is 1. The van der Waals surface area contributed by atoms with E-state index in [2.05, 4.69) is 4.90 Å². The lowest BCUT2D eigenvalue weighted by molar-refractivity contribution is -0.144. The monoisotopic (exact) mass is 281 g/mol. The topological polar surface area (TPSA) is 49.8 Å². The Morgan fingerprint density at radius 2 is 2.33 bits per heavy atom. The zero-order chi connectivity index (χ0) is 10.4. The van der Waals surface area contributed by atoms with Crippen LogP contribution in [0, 0.1) is 5.92 Å². The van der Waals surface area contributed by atoms with Crippen LogP contribution in [0.15, 0.2) is 0 Å². The van der Waals surface area contributed by atoms with Crippen molar-refractivity contribution in [2.45, 2.75) is 19.8 Å². The van der Waals surface area contributed by atoms with Gasteiger partial charge in [-0.15, -0.1) is 17.0 Å². The second kappa shape index (κ2) is 8.07. The third kappa shape index (κ3) is 5.49. The molecule has 0 aromatic carbocycles. The summed E-state index contributed by atoms with van der Waals surface area (Å²) in [5.41, 5.74) is 0. The number of carbonyl (C=O) groups is 1. The van der Waals surface area contributed by atoms with Gasteiger partial charge in [0.15, 0.2) is 0 Å². The first-order valence-electron chi connectivity index (χ1n) is 5.25. The highest BCUT2D eigenvalue weighted by molar-refractivity contribution is 8.93. The van der Waals surface area contributed by atoms with Gasteiger partial charge in [-0.2, -0.15) is 0 Å². The number of rotatable bonds is 4. The van der Waals surface area contributed by atoms with Crippen molar-refractivity contribution in [3.8, 4) is 0 Å². The van der Waals surface area contributed by atoms with Crippen molar-refractivity contribution in [1.29, 1.82) is 0 Å². The molecular formula is C10H20BrNO3. The van der Waals surface area contributed by atoms with E-state index in [1.54, 1.807) is 0 Å². The maximum absolute atomic E-state index is 11.2. The summed E-state index contributed by atoms with van der Waals surface area (Å²) in [6.45, 7) is 4.59. The molecule has 0 aliphatic carbocycles. The van der Waals surface area contributed by atoms with Gasteiger partial charge in [-0.05, 0) is 32.2 Å². The molecule has 1 N–H and O–H groups in total. The minimum absolute atomic E-state index is 0. The molecule has 0 saturated carbocycles. The van der Waals surface area contributed by atoms with Gasteiger partial charge in [0.2, 0.25) is 0 Å². The Morgan fingerprint density at radius 3 is 2.93 bits per heavy atom. The van der Waals surface area contributed by atoms with E-state index in [9.17, 15) is 4.79 Å². The Kier molecular flexibility index (Phi) is 8.00. The lowest BCUT2D eigenvalue weighted by Crippen LogP contribution is -2.40. The maximum atomic E-state index is 11.2. The molecular weight excluding hydrogens is 262 g/mol. The number of aliphatic hydroxyl groups is 1. The second-order valence-corrected chi connectivity index (χ2v) is 3.73. The molecule has 1 saturated heterocycles. The minimum Gasteiger partial charge on any atom is -0.465 e. The molecule has 15 heavy (non-hydrogen) atoms. The summed E-state index contributed by atoms with van der Waals surface area (Å²) >= 11 is 0. The summed E-state index contributed by atoms with van der Waals surface area (Å²) in [6.07, 6.45) is 2.13. The number of esters is 1. The Hall–Kier alpha value is -0.130. The van der Waals surface area contributed by atoms with Gasteiger partial charge in [0.25, 0.3) is 0 Å². The van der Waals surface area contributed by atoms with Gasteiger partial charge in [-0.25, -0.2) is 0 Å². The zero-order valence-corrected chi connectivity index (χ0v) is 10.9. The van der Waals surface area contributed by atoms with Crippen LogP contribution in [0.25, 0.3) is 0 Å². The van der Waals surface area contributed by atoms with Crippen LogP contribution in [0.4, 0.5) is 0 Å². The molecule has 4 nitrogen and oxygen atoms in total. The summed E-state index contributed by atoms with van der Waals surface area (Å²) in [7, 11) is 0. The van der Waals surface area contributed by atoms with Crippen molar-refractivity contribution in [3.05, 3.63) is 0 Å². The molecule has 0 aromatic rings. The number of nitrogens with zero attached hydrogens (tertiary/aromatic N) is 1.